The van der Waals surface area contributed by atoms with Gasteiger partial charge in [-0.1, -0.05) is 0 Å². The molecule has 2 rings (SSSR count). The Morgan fingerprint density at radius 3 is 2.65 bits per heavy atom. The van der Waals surface area contributed by atoms with E-state index in [-0.39, 0.29) is 11.9 Å². The summed E-state index contributed by atoms with van der Waals surface area (Å²) in [5, 5.41) is 2.96. The molecule has 0 radical (unpaired) electrons. The molecule has 126 valence electrons. The number of pyridine rings is 1. The van der Waals surface area contributed by atoms with Gasteiger partial charge in [0.05, 0.1) is 11.9 Å². The second kappa shape index (κ2) is 7.21. The van der Waals surface area contributed by atoms with Crippen LogP contribution in [0.2, 0.25) is 0 Å². The highest BCUT2D eigenvalue weighted by atomic mass is 32.2. The quantitative estimate of drug-likeness (QED) is 0.918. The van der Waals surface area contributed by atoms with Crippen LogP contribution in [-0.4, -0.2) is 45.2 Å². The molecule has 0 spiro atoms. The van der Waals surface area contributed by atoms with Crippen LogP contribution in [0.15, 0.2) is 24.5 Å². The summed E-state index contributed by atoms with van der Waals surface area (Å²) in [6.45, 7) is 7.35. The molecule has 1 N–H and O–H groups in total. The Morgan fingerprint density at radius 1 is 1.39 bits per heavy atom. The lowest BCUT2D eigenvalue weighted by Crippen LogP contribution is -2.49. The first kappa shape index (κ1) is 17.6. The molecule has 6 nitrogen and oxygen atoms in total. The van der Waals surface area contributed by atoms with E-state index >= 15 is 0 Å². The van der Waals surface area contributed by atoms with Gasteiger partial charge >= 0.3 is 6.09 Å². The van der Waals surface area contributed by atoms with Crippen LogP contribution in [0.5, 0.6) is 0 Å². The molecule has 1 unspecified atom stereocenters. The molecular weight excluding hydrogens is 314 g/mol. The van der Waals surface area contributed by atoms with Crippen LogP contribution in [0, 0.1) is 0 Å². The third-order valence-corrected chi connectivity index (χ3v) is 4.39. The van der Waals surface area contributed by atoms with E-state index in [0.717, 1.165) is 5.56 Å². The Hall–Kier alpha value is -1.76. The normalized spacial score (nSPS) is 19.3. The van der Waals surface area contributed by atoms with Gasteiger partial charge < -0.3 is 10.1 Å². The monoisotopic (exact) mass is 337 g/mol. The van der Waals surface area contributed by atoms with Gasteiger partial charge in [-0.3, -0.25) is 14.7 Å². The smallest absolute Gasteiger partial charge is 0.411 e. The van der Waals surface area contributed by atoms with E-state index in [0.29, 0.717) is 11.6 Å². The number of carbonyl (C=O) groups excluding carboxylic acids is 2. The van der Waals surface area contributed by atoms with Crippen LogP contribution in [0.3, 0.4) is 0 Å². The maximum atomic E-state index is 12.5. The molecule has 1 aromatic rings. The zero-order valence-corrected chi connectivity index (χ0v) is 14.7. The molecule has 0 aromatic carbocycles. The predicted molar refractivity (Wildman–Crippen MR) is 90.0 cm³/mol. The summed E-state index contributed by atoms with van der Waals surface area (Å²) in [4.78, 5) is 30.2. The van der Waals surface area contributed by atoms with Gasteiger partial charge in [-0.25, -0.2) is 4.79 Å². The summed E-state index contributed by atoms with van der Waals surface area (Å²) in [5.74, 6) is 0.885. The Balaban J connectivity index is 1.99. The van der Waals surface area contributed by atoms with Crippen molar-refractivity contribution in [3.05, 3.63) is 30.1 Å². The lowest BCUT2D eigenvalue weighted by Gasteiger charge is -2.28. The second-order valence-electron chi connectivity index (χ2n) is 6.48. The average molecular weight is 337 g/mol. The fraction of sp³-hybridized carbons (Fsp3) is 0.562. The van der Waals surface area contributed by atoms with Crippen LogP contribution in [0.4, 0.5) is 4.79 Å². The number of rotatable bonds is 3. The maximum Gasteiger partial charge on any atom is 0.411 e. The van der Waals surface area contributed by atoms with Crippen molar-refractivity contribution < 1.29 is 14.3 Å². The average Bonchev–Trinajstić information content (AvgIpc) is 2.96. The van der Waals surface area contributed by atoms with E-state index in [1.54, 1.807) is 24.2 Å². The Kier molecular flexibility index (Phi) is 5.51. The molecule has 2 amide bonds. The molecule has 0 aliphatic carbocycles. The summed E-state index contributed by atoms with van der Waals surface area (Å²) in [7, 11) is 0. The molecule has 0 saturated carbocycles. The minimum atomic E-state index is -0.574. The van der Waals surface area contributed by atoms with Crippen molar-refractivity contribution in [1.29, 1.82) is 0 Å². The minimum absolute atomic E-state index is 0.142. The highest BCUT2D eigenvalue weighted by Crippen LogP contribution is 2.24. The van der Waals surface area contributed by atoms with Crippen LogP contribution in [-0.2, 0) is 9.53 Å². The Bertz CT molecular complexity index is 559. The molecule has 7 heteroatoms. The number of aromatic nitrogens is 1. The zero-order valence-electron chi connectivity index (χ0n) is 13.9. The van der Waals surface area contributed by atoms with E-state index in [1.807, 2.05) is 39.8 Å². The van der Waals surface area contributed by atoms with Crippen molar-refractivity contribution in [2.45, 2.75) is 45.4 Å². The number of hydrogen-bond acceptors (Lipinski definition) is 5. The van der Waals surface area contributed by atoms with Gasteiger partial charge in [-0.05, 0) is 45.4 Å². The van der Waals surface area contributed by atoms with Crippen molar-refractivity contribution in [1.82, 2.24) is 15.2 Å². The summed E-state index contributed by atoms with van der Waals surface area (Å²) in [5.41, 5.74) is 0.401. The lowest BCUT2D eigenvalue weighted by atomic mass is 10.1. The highest BCUT2D eigenvalue weighted by molar-refractivity contribution is 7.99. The van der Waals surface area contributed by atoms with E-state index in [2.05, 4.69) is 10.3 Å². The second-order valence-corrected chi connectivity index (χ2v) is 7.48. The Labute approximate surface area is 141 Å². The summed E-state index contributed by atoms with van der Waals surface area (Å²) >= 11 is 1.55. The molecule has 1 saturated heterocycles. The van der Waals surface area contributed by atoms with Gasteiger partial charge in [0.1, 0.15) is 11.6 Å². The van der Waals surface area contributed by atoms with Gasteiger partial charge in [-0.15, -0.1) is 11.8 Å². The third kappa shape index (κ3) is 4.86. The number of thioether (sulfide) groups is 1. The first-order valence-corrected chi connectivity index (χ1v) is 8.71. The van der Waals surface area contributed by atoms with E-state index in [1.165, 1.54) is 4.90 Å². The van der Waals surface area contributed by atoms with E-state index in [9.17, 15) is 9.59 Å². The standard InChI is InChI=1S/C16H23N3O3S/c1-11(12-5-7-17-8-6-12)18-14(20)13-9-23-10-19(13)15(21)22-16(2,3)4/h5-8,11,13H,9-10H2,1-4H3,(H,18,20)/t11?,13-/m0/s1. The number of nitrogens with zero attached hydrogens (tertiary/aromatic N) is 2. The van der Waals surface area contributed by atoms with Crippen LogP contribution >= 0.6 is 11.8 Å². The van der Waals surface area contributed by atoms with E-state index in [4.69, 9.17) is 4.74 Å². The highest BCUT2D eigenvalue weighted by Gasteiger charge is 2.37. The van der Waals surface area contributed by atoms with Crippen molar-refractivity contribution >= 4 is 23.8 Å². The summed E-state index contributed by atoms with van der Waals surface area (Å²) < 4.78 is 5.38. The van der Waals surface area contributed by atoms with Crippen LogP contribution < -0.4 is 5.32 Å². The number of nitrogens with one attached hydrogen (secondary N) is 1. The first-order chi connectivity index (χ1) is 10.8. The zero-order chi connectivity index (χ0) is 17.0. The van der Waals surface area contributed by atoms with Crippen molar-refractivity contribution in [2.24, 2.45) is 0 Å². The molecule has 1 aliphatic rings. The van der Waals surface area contributed by atoms with Crippen LogP contribution in [0.1, 0.15) is 39.3 Å². The molecule has 1 fully saturated rings. The third-order valence-electron chi connectivity index (χ3n) is 3.38. The number of amides is 2. The van der Waals surface area contributed by atoms with E-state index < -0.39 is 17.7 Å². The number of carbonyl (C=O) groups is 2. The van der Waals surface area contributed by atoms with Gasteiger partial charge in [0, 0.05) is 18.1 Å². The molecule has 1 aromatic heterocycles. The largest absolute Gasteiger partial charge is 0.444 e. The van der Waals surface area contributed by atoms with Crippen molar-refractivity contribution in [2.75, 3.05) is 11.6 Å². The molecule has 2 heterocycles. The summed E-state index contributed by atoms with van der Waals surface area (Å²) in [6, 6.07) is 3.08. The topological polar surface area (TPSA) is 71.5 Å². The van der Waals surface area contributed by atoms with Gasteiger partial charge in [0.25, 0.3) is 0 Å². The predicted octanol–water partition coefficient (Wildman–Crippen LogP) is 2.57. The minimum Gasteiger partial charge on any atom is -0.444 e. The molecular formula is C16H23N3O3S. The molecule has 2 atom stereocenters. The van der Waals surface area contributed by atoms with Gasteiger partial charge in [-0.2, -0.15) is 0 Å². The van der Waals surface area contributed by atoms with Gasteiger partial charge in [0.2, 0.25) is 5.91 Å². The fourth-order valence-corrected chi connectivity index (χ4v) is 3.35. The molecule has 23 heavy (non-hydrogen) atoms. The van der Waals surface area contributed by atoms with Crippen molar-refractivity contribution in [3.63, 3.8) is 0 Å². The first-order valence-electron chi connectivity index (χ1n) is 7.55. The molecule has 1 aliphatic heterocycles. The van der Waals surface area contributed by atoms with Crippen molar-refractivity contribution in [3.8, 4) is 0 Å². The molecule has 0 bridgehead atoms. The fourth-order valence-electron chi connectivity index (χ4n) is 2.21. The lowest BCUT2D eigenvalue weighted by molar-refractivity contribution is -0.125. The number of hydrogen-bond donors (Lipinski definition) is 1. The van der Waals surface area contributed by atoms with Gasteiger partial charge in [0.15, 0.2) is 0 Å². The SMILES string of the molecule is CC(NC(=O)[C@@H]1CSCN1C(=O)OC(C)(C)C)c1ccncc1. The maximum absolute atomic E-state index is 12.5. The number of ether oxygens (including phenoxy) is 1. The summed E-state index contributed by atoms with van der Waals surface area (Å²) in [6.07, 6.45) is 2.94. The Morgan fingerprint density at radius 2 is 2.04 bits per heavy atom. The van der Waals surface area contributed by atoms with Crippen LogP contribution in [0.25, 0.3) is 0 Å².